The van der Waals surface area contributed by atoms with Gasteiger partial charge in [0.25, 0.3) is 0 Å². The molecule has 1 heteroatoms. The van der Waals surface area contributed by atoms with E-state index in [4.69, 9.17) is 0 Å². The molecule has 0 heterocycles. The fourth-order valence-corrected chi connectivity index (χ4v) is 1.52. The second-order valence-corrected chi connectivity index (χ2v) is 3.52. The van der Waals surface area contributed by atoms with Gasteiger partial charge in [-0.2, -0.15) is 0 Å². The van der Waals surface area contributed by atoms with Crippen LogP contribution in [0.4, 0.5) is 0 Å². The van der Waals surface area contributed by atoms with E-state index in [0.717, 1.165) is 0 Å². The molecule has 1 nitrogen and oxygen atoms in total. The topological polar surface area (TPSA) is 3.24 Å². The third-order valence-corrected chi connectivity index (χ3v) is 2.53. The molecule has 0 atom stereocenters. The molecule has 0 aliphatic heterocycles. The molecule has 0 aliphatic carbocycles. The van der Waals surface area contributed by atoms with Crippen molar-refractivity contribution in [2.75, 3.05) is 19.6 Å². The lowest BCUT2D eigenvalue weighted by Crippen LogP contribution is -2.23. The highest BCUT2D eigenvalue weighted by atomic mass is 15.1. The van der Waals surface area contributed by atoms with Gasteiger partial charge < -0.3 is 4.90 Å². The van der Waals surface area contributed by atoms with Crippen molar-refractivity contribution in [3.05, 3.63) is 12.7 Å². The zero-order valence-electron chi connectivity index (χ0n) is 9.39. The Morgan fingerprint density at radius 1 is 1.00 bits per heavy atom. The molecule has 0 bridgehead atoms. The Bertz CT molecular complexity index is 106. The van der Waals surface area contributed by atoms with E-state index in [9.17, 15) is 0 Å². The second-order valence-electron chi connectivity index (χ2n) is 3.52. The highest BCUT2D eigenvalue weighted by molar-refractivity contribution is 4.65. The van der Waals surface area contributed by atoms with Crippen LogP contribution in [0, 0.1) is 0 Å². The van der Waals surface area contributed by atoms with E-state index in [1.165, 1.54) is 51.7 Å². The predicted octanol–water partition coefficient (Wildman–Crippen LogP) is 3.46. The first-order chi connectivity index (χ1) is 6.35. The lowest BCUT2D eigenvalue weighted by Gasteiger charge is -2.17. The van der Waals surface area contributed by atoms with E-state index in [2.05, 4.69) is 25.3 Å². The average molecular weight is 183 g/mol. The number of rotatable bonds is 9. The zero-order valence-corrected chi connectivity index (χ0v) is 9.39. The number of nitrogens with zero attached hydrogens (tertiary/aromatic N) is 1. The maximum atomic E-state index is 3.73. The number of hydrogen-bond donors (Lipinski definition) is 0. The molecule has 0 amide bonds. The summed E-state index contributed by atoms with van der Waals surface area (Å²) < 4.78 is 0. The number of unbranched alkanes of at least 4 members (excludes halogenated alkanes) is 4. The van der Waals surface area contributed by atoms with Crippen LogP contribution in [0.25, 0.3) is 0 Å². The molecular weight excluding hydrogens is 158 g/mol. The molecule has 0 spiro atoms. The van der Waals surface area contributed by atoms with Crippen LogP contribution < -0.4 is 0 Å². The third-order valence-electron chi connectivity index (χ3n) is 2.53. The molecule has 0 aromatic carbocycles. The zero-order chi connectivity index (χ0) is 9.94. The lowest BCUT2D eigenvalue weighted by molar-refractivity contribution is 0.295. The Labute approximate surface area is 83.8 Å². The van der Waals surface area contributed by atoms with Gasteiger partial charge in [0.2, 0.25) is 0 Å². The Morgan fingerprint density at radius 3 is 2.15 bits per heavy atom. The van der Waals surface area contributed by atoms with Crippen molar-refractivity contribution in [2.24, 2.45) is 0 Å². The summed E-state index contributed by atoms with van der Waals surface area (Å²) in [4.78, 5) is 2.49. The first kappa shape index (κ1) is 12.7. The summed E-state index contributed by atoms with van der Waals surface area (Å²) in [6.07, 6.45) is 8.63. The molecular formula is C12H25N. The maximum absolute atomic E-state index is 3.73. The van der Waals surface area contributed by atoms with Gasteiger partial charge in [0.05, 0.1) is 0 Å². The van der Waals surface area contributed by atoms with E-state index >= 15 is 0 Å². The quantitative estimate of drug-likeness (QED) is 0.391. The molecule has 0 saturated carbocycles. The van der Waals surface area contributed by atoms with E-state index < -0.39 is 0 Å². The molecule has 0 aromatic rings. The van der Waals surface area contributed by atoms with Crippen LogP contribution in [0.15, 0.2) is 12.7 Å². The van der Waals surface area contributed by atoms with Crippen LogP contribution in [-0.2, 0) is 0 Å². The van der Waals surface area contributed by atoms with Gasteiger partial charge in [-0.25, -0.2) is 0 Å². The Morgan fingerprint density at radius 2 is 1.62 bits per heavy atom. The van der Waals surface area contributed by atoms with Crippen molar-refractivity contribution < 1.29 is 0 Å². The van der Waals surface area contributed by atoms with E-state index in [-0.39, 0.29) is 0 Å². The van der Waals surface area contributed by atoms with Crippen LogP contribution in [0.1, 0.15) is 46.0 Å². The standard InChI is InChI=1S/C12H25N/c1-4-7-8-9-10-11-12-13(5-2)6-3/h4H,1,5-12H2,2-3H3. The minimum Gasteiger partial charge on any atom is -0.304 e. The summed E-state index contributed by atoms with van der Waals surface area (Å²) in [6.45, 7) is 11.9. The first-order valence-corrected chi connectivity index (χ1v) is 5.68. The molecule has 0 radical (unpaired) electrons. The molecule has 0 rings (SSSR count). The third kappa shape index (κ3) is 8.04. The van der Waals surface area contributed by atoms with Crippen LogP contribution in [0.3, 0.4) is 0 Å². The van der Waals surface area contributed by atoms with Crippen molar-refractivity contribution in [1.29, 1.82) is 0 Å². The molecule has 78 valence electrons. The van der Waals surface area contributed by atoms with Gasteiger partial charge in [0, 0.05) is 0 Å². The van der Waals surface area contributed by atoms with Gasteiger partial charge in [0.15, 0.2) is 0 Å². The van der Waals surface area contributed by atoms with Crippen LogP contribution in [0.2, 0.25) is 0 Å². The Balaban J connectivity index is 3.09. The van der Waals surface area contributed by atoms with Gasteiger partial charge in [-0.05, 0) is 38.9 Å². The Hall–Kier alpha value is -0.300. The summed E-state index contributed by atoms with van der Waals surface area (Å²) in [7, 11) is 0. The fourth-order valence-electron chi connectivity index (χ4n) is 1.52. The van der Waals surface area contributed by atoms with E-state index in [1.54, 1.807) is 0 Å². The fraction of sp³-hybridized carbons (Fsp3) is 0.833. The highest BCUT2D eigenvalue weighted by Crippen LogP contribution is 2.04. The molecule has 0 aliphatic rings. The minimum absolute atomic E-state index is 1.19. The number of hydrogen-bond acceptors (Lipinski definition) is 1. The van der Waals surface area contributed by atoms with Crippen LogP contribution in [0.5, 0.6) is 0 Å². The summed E-state index contributed by atoms with van der Waals surface area (Å²) in [5, 5.41) is 0. The molecule has 0 fully saturated rings. The van der Waals surface area contributed by atoms with Gasteiger partial charge in [0.1, 0.15) is 0 Å². The maximum Gasteiger partial charge on any atom is -0.00190 e. The van der Waals surface area contributed by atoms with Crippen molar-refractivity contribution in [3.63, 3.8) is 0 Å². The highest BCUT2D eigenvalue weighted by Gasteiger charge is 1.97. The van der Waals surface area contributed by atoms with Crippen molar-refractivity contribution in [1.82, 2.24) is 4.90 Å². The van der Waals surface area contributed by atoms with Gasteiger partial charge >= 0.3 is 0 Å². The summed E-state index contributed by atoms with van der Waals surface area (Å²) in [5.41, 5.74) is 0. The van der Waals surface area contributed by atoms with E-state index in [1.807, 2.05) is 6.08 Å². The van der Waals surface area contributed by atoms with Crippen molar-refractivity contribution in [3.8, 4) is 0 Å². The SMILES string of the molecule is C=CCCCCCCN(CC)CC. The first-order valence-electron chi connectivity index (χ1n) is 5.68. The molecule has 0 saturated heterocycles. The second kappa shape index (κ2) is 9.79. The lowest BCUT2D eigenvalue weighted by atomic mass is 10.1. The van der Waals surface area contributed by atoms with Crippen molar-refractivity contribution in [2.45, 2.75) is 46.0 Å². The van der Waals surface area contributed by atoms with E-state index in [0.29, 0.717) is 0 Å². The van der Waals surface area contributed by atoms with Crippen LogP contribution >= 0.6 is 0 Å². The summed E-state index contributed by atoms with van der Waals surface area (Å²) in [5.74, 6) is 0. The Kier molecular flexibility index (Phi) is 9.56. The van der Waals surface area contributed by atoms with Gasteiger partial charge in [-0.3, -0.25) is 0 Å². The summed E-state index contributed by atoms with van der Waals surface area (Å²) in [6, 6.07) is 0. The van der Waals surface area contributed by atoms with Gasteiger partial charge in [-0.1, -0.05) is 32.8 Å². The monoisotopic (exact) mass is 183 g/mol. The molecule has 13 heavy (non-hydrogen) atoms. The van der Waals surface area contributed by atoms with Crippen molar-refractivity contribution >= 4 is 0 Å². The smallest absolute Gasteiger partial charge is 0.00190 e. The van der Waals surface area contributed by atoms with Crippen LogP contribution in [-0.4, -0.2) is 24.5 Å². The predicted molar refractivity (Wildman–Crippen MR) is 61.1 cm³/mol. The molecule has 0 aromatic heterocycles. The van der Waals surface area contributed by atoms with Gasteiger partial charge in [-0.15, -0.1) is 6.58 Å². The average Bonchev–Trinajstić information content (AvgIpc) is 2.17. The summed E-state index contributed by atoms with van der Waals surface area (Å²) >= 11 is 0. The molecule has 0 unspecified atom stereocenters. The number of allylic oxidation sites excluding steroid dienone is 1. The molecule has 0 N–H and O–H groups in total. The largest absolute Gasteiger partial charge is 0.304 e. The normalized spacial score (nSPS) is 10.7. The minimum atomic E-state index is 1.19.